The molecule has 0 aromatic carbocycles. The van der Waals surface area contributed by atoms with E-state index in [1.807, 2.05) is 18.7 Å². The molecule has 5 heteroatoms. The molecular weight excluding hydrogens is 268 g/mol. The first kappa shape index (κ1) is 16.3. The van der Waals surface area contributed by atoms with Gasteiger partial charge in [-0.2, -0.15) is 0 Å². The fraction of sp³-hybridized carbons (Fsp3) is 0.875. The summed E-state index contributed by atoms with van der Waals surface area (Å²) in [5.74, 6) is 0.538. The molecule has 2 saturated heterocycles. The maximum atomic E-state index is 12.9. The lowest BCUT2D eigenvalue weighted by Gasteiger charge is -2.45. The molecule has 2 heterocycles. The number of amides is 2. The van der Waals surface area contributed by atoms with Crippen LogP contribution in [-0.2, 0) is 14.3 Å². The van der Waals surface area contributed by atoms with Crippen molar-refractivity contribution in [2.24, 2.45) is 5.92 Å². The molecule has 2 fully saturated rings. The van der Waals surface area contributed by atoms with Gasteiger partial charge in [0.15, 0.2) is 0 Å². The van der Waals surface area contributed by atoms with Crippen LogP contribution in [0.2, 0.25) is 0 Å². The number of carbonyl (C=O) groups is 2. The molecule has 0 radical (unpaired) electrons. The molecule has 2 atom stereocenters. The number of rotatable bonds is 5. The Labute approximate surface area is 127 Å². The Hall–Kier alpha value is -1.10. The van der Waals surface area contributed by atoms with Gasteiger partial charge in [0.05, 0.1) is 0 Å². The lowest BCUT2D eigenvalue weighted by molar-refractivity contribution is -0.156. The van der Waals surface area contributed by atoms with Gasteiger partial charge in [-0.15, -0.1) is 0 Å². The Morgan fingerprint density at radius 1 is 1.29 bits per heavy atom. The summed E-state index contributed by atoms with van der Waals surface area (Å²) in [6, 6.07) is -0.301. The van der Waals surface area contributed by atoms with E-state index in [0.29, 0.717) is 18.9 Å². The van der Waals surface area contributed by atoms with Crippen LogP contribution in [0, 0.1) is 5.92 Å². The summed E-state index contributed by atoms with van der Waals surface area (Å²) < 4.78 is 5.39. The van der Waals surface area contributed by atoms with Gasteiger partial charge < -0.3 is 15.0 Å². The van der Waals surface area contributed by atoms with Crippen molar-refractivity contribution in [2.45, 2.75) is 64.5 Å². The quantitative estimate of drug-likeness (QED) is 0.840. The lowest BCUT2D eigenvalue weighted by atomic mass is 9.89. The first-order valence-electron chi connectivity index (χ1n) is 8.22. The average molecular weight is 296 g/mol. The molecule has 2 amide bonds. The molecule has 5 nitrogen and oxygen atoms in total. The highest BCUT2D eigenvalue weighted by atomic mass is 16.5. The summed E-state index contributed by atoms with van der Waals surface area (Å²) in [5.41, 5.74) is -0.744. The van der Waals surface area contributed by atoms with Crippen LogP contribution in [0.3, 0.4) is 0 Å². The van der Waals surface area contributed by atoms with Crippen molar-refractivity contribution in [1.82, 2.24) is 10.2 Å². The average Bonchev–Trinajstić information content (AvgIpc) is 2.49. The van der Waals surface area contributed by atoms with E-state index in [1.54, 1.807) is 0 Å². The highest BCUT2D eigenvalue weighted by Crippen LogP contribution is 2.26. The molecule has 0 aromatic heterocycles. The monoisotopic (exact) mass is 296 g/mol. The van der Waals surface area contributed by atoms with Gasteiger partial charge >= 0.3 is 0 Å². The summed E-state index contributed by atoms with van der Waals surface area (Å²) in [4.78, 5) is 27.1. The number of ether oxygens (including phenoxy) is 1. The Kier molecular flexibility index (Phi) is 5.25. The molecule has 2 aliphatic heterocycles. The van der Waals surface area contributed by atoms with Gasteiger partial charge in [-0.05, 0) is 38.5 Å². The SMILES string of the molecule is CCCC1C(=O)NC(C)(CC)C(=O)N1CC1CCOCC1. The molecule has 0 aromatic rings. The van der Waals surface area contributed by atoms with Gasteiger partial charge in [0.2, 0.25) is 11.8 Å². The molecule has 2 unspecified atom stereocenters. The molecule has 2 rings (SSSR count). The number of nitrogens with zero attached hydrogens (tertiary/aromatic N) is 1. The second kappa shape index (κ2) is 6.77. The van der Waals surface area contributed by atoms with Crippen LogP contribution in [0.15, 0.2) is 0 Å². The topological polar surface area (TPSA) is 58.6 Å². The van der Waals surface area contributed by atoms with Gasteiger partial charge in [-0.1, -0.05) is 20.3 Å². The van der Waals surface area contributed by atoms with E-state index in [0.717, 1.165) is 38.9 Å². The Bertz CT molecular complexity index is 393. The van der Waals surface area contributed by atoms with Gasteiger partial charge in [0, 0.05) is 19.8 Å². The van der Waals surface area contributed by atoms with Crippen LogP contribution in [0.25, 0.3) is 0 Å². The van der Waals surface area contributed by atoms with E-state index < -0.39 is 5.54 Å². The van der Waals surface area contributed by atoms with Gasteiger partial charge in [-0.3, -0.25) is 9.59 Å². The van der Waals surface area contributed by atoms with E-state index in [-0.39, 0.29) is 17.9 Å². The fourth-order valence-corrected chi connectivity index (χ4v) is 3.23. The Morgan fingerprint density at radius 3 is 2.52 bits per heavy atom. The maximum absolute atomic E-state index is 12.9. The van der Waals surface area contributed by atoms with Crippen molar-refractivity contribution in [3.05, 3.63) is 0 Å². The van der Waals surface area contributed by atoms with Crippen molar-refractivity contribution in [1.29, 1.82) is 0 Å². The zero-order chi connectivity index (χ0) is 15.5. The number of nitrogens with one attached hydrogen (secondary N) is 1. The third-order valence-corrected chi connectivity index (χ3v) is 4.88. The number of hydrogen-bond donors (Lipinski definition) is 1. The molecule has 21 heavy (non-hydrogen) atoms. The molecule has 2 aliphatic rings. The molecule has 0 aliphatic carbocycles. The summed E-state index contributed by atoms with van der Waals surface area (Å²) >= 11 is 0. The van der Waals surface area contributed by atoms with E-state index >= 15 is 0 Å². The van der Waals surface area contributed by atoms with Crippen LogP contribution >= 0.6 is 0 Å². The van der Waals surface area contributed by atoms with Crippen molar-refractivity contribution in [3.8, 4) is 0 Å². The smallest absolute Gasteiger partial charge is 0.248 e. The van der Waals surface area contributed by atoms with Crippen LogP contribution < -0.4 is 5.32 Å². The summed E-state index contributed by atoms with van der Waals surface area (Å²) in [6.45, 7) is 8.07. The first-order chi connectivity index (χ1) is 10.0. The normalized spacial score (nSPS) is 31.4. The van der Waals surface area contributed by atoms with E-state index in [4.69, 9.17) is 4.74 Å². The van der Waals surface area contributed by atoms with Crippen LogP contribution in [0.1, 0.15) is 52.9 Å². The number of carbonyl (C=O) groups excluding carboxylic acids is 2. The molecule has 0 saturated carbocycles. The second-order valence-electron chi connectivity index (χ2n) is 6.49. The van der Waals surface area contributed by atoms with Gasteiger partial charge in [-0.25, -0.2) is 0 Å². The minimum absolute atomic E-state index is 0.00728. The van der Waals surface area contributed by atoms with Crippen molar-refractivity contribution < 1.29 is 14.3 Å². The zero-order valence-corrected chi connectivity index (χ0v) is 13.5. The molecule has 0 spiro atoms. The van der Waals surface area contributed by atoms with Crippen molar-refractivity contribution >= 4 is 11.8 Å². The lowest BCUT2D eigenvalue weighted by Crippen LogP contribution is -2.69. The molecular formula is C16H28N2O3. The summed E-state index contributed by atoms with van der Waals surface area (Å²) in [5, 5.41) is 2.94. The third-order valence-electron chi connectivity index (χ3n) is 4.88. The fourth-order valence-electron chi connectivity index (χ4n) is 3.23. The summed E-state index contributed by atoms with van der Waals surface area (Å²) in [7, 11) is 0. The minimum Gasteiger partial charge on any atom is -0.381 e. The highest BCUT2D eigenvalue weighted by molar-refractivity contribution is 5.99. The van der Waals surface area contributed by atoms with Crippen LogP contribution in [0.4, 0.5) is 0 Å². The van der Waals surface area contributed by atoms with E-state index in [1.165, 1.54) is 0 Å². The van der Waals surface area contributed by atoms with Crippen LogP contribution in [0.5, 0.6) is 0 Å². The van der Waals surface area contributed by atoms with Crippen molar-refractivity contribution in [3.63, 3.8) is 0 Å². The Morgan fingerprint density at radius 2 is 1.95 bits per heavy atom. The number of hydrogen-bond acceptors (Lipinski definition) is 3. The highest BCUT2D eigenvalue weighted by Gasteiger charge is 2.46. The van der Waals surface area contributed by atoms with E-state index in [2.05, 4.69) is 12.2 Å². The van der Waals surface area contributed by atoms with Crippen LogP contribution in [-0.4, -0.2) is 48.1 Å². The third kappa shape index (κ3) is 3.39. The van der Waals surface area contributed by atoms with Crippen molar-refractivity contribution in [2.75, 3.05) is 19.8 Å². The molecule has 1 N–H and O–H groups in total. The minimum atomic E-state index is -0.744. The standard InChI is InChI=1S/C16H28N2O3/c1-4-6-13-14(19)17-16(3,5-2)15(20)18(13)11-12-7-9-21-10-8-12/h12-13H,4-11H2,1-3H3,(H,17,19). The molecule has 120 valence electrons. The van der Waals surface area contributed by atoms with Gasteiger partial charge in [0.1, 0.15) is 11.6 Å². The maximum Gasteiger partial charge on any atom is 0.248 e. The summed E-state index contributed by atoms with van der Waals surface area (Å²) in [6.07, 6.45) is 4.22. The predicted octanol–water partition coefficient (Wildman–Crippen LogP) is 1.71. The predicted molar refractivity (Wildman–Crippen MR) is 80.8 cm³/mol. The largest absolute Gasteiger partial charge is 0.381 e. The Balaban J connectivity index is 2.16. The zero-order valence-electron chi connectivity index (χ0n) is 13.5. The second-order valence-corrected chi connectivity index (χ2v) is 6.49. The van der Waals surface area contributed by atoms with Gasteiger partial charge in [0.25, 0.3) is 0 Å². The first-order valence-corrected chi connectivity index (χ1v) is 8.22. The molecule has 0 bridgehead atoms. The number of piperazine rings is 1. The van der Waals surface area contributed by atoms with E-state index in [9.17, 15) is 9.59 Å².